The van der Waals surface area contributed by atoms with Gasteiger partial charge < -0.3 is 15.5 Å². The highest BCUT2D eigenvalue weighted by atomic mass is 16.2. The summed E-state index contributed by atoms with van der Waals surface area (Å²) in [6, 6.07) is -0.0458. The van der Waals surface area contributed by atoms with Crippen molar-refractivity contribution in [3.8, 4) is 0 Å². The first-order valence-electron chi connectivity index (χ1n) is 6.95. The van der Waals surface area contributed by atoms with Crippen LogP contribution in [-0.4, -0.2) is 41.5 Å². The largest absolute Gasteiger partial charge is 0.338 e. The van der Waals surface area contributed by atoms with E-state index in [-0.39, 0.29) is 11.9 Å². The number of carbonyl (C=O) groups is 2. The number of piperidine rings is 1. The fourth-order valence-corrected chi connectivity index (χ4v) is 2.39. The van der Waals surface area contributed by atoms with Crippen molar-refractivity contribution < 1.29 is 9.59 Å². The third-order valence-corrected chi connectivity index (χ3v) is 3.72. The molecule has 102 valence electrons. The van der Waals surface area contributed by atoms with E-state index in [9.17, 15) is 9.59 Å². The zero-order chi connectivity index (χ0) is 13.1. The van der Waals surface area contributed by atoms with Gasteiger partial charge in [-0.25, -0.2) is 4.79 Å². The van der Waals surface area contributed by atoms with Crippen LogP contribution in [0.2, 0.25) is 0 Å². The average Bonchev–Trinajstić information content (AvgIpc) is 3.12. The van der Waals surface area contributed by atoms with Crippen molar-refractivity contribution in [2.24, 2.45) is 0 Å². The first kappa shape index (κ1) is 13.2. The Balaban J connectivity index is 1.80. The summed E-state index contributed by atoms with van der Waals surface area (Å²) < 4.78 is 0. The van der Waals surface area contributed by atoms with E-state index in [0.717, 1.165) is 32.2 Å². The highest BCUT2D eigenvalue weighted by Crippen LogP contribution is 2.19. The van der Waals surface area contributed by atoms with Crippen LogP contribution in [0.25, 0.3) is 0 Å². The van der Waals surface area contributed by atoms with Gasteiger partial charge in [-0.3, -0.25) is 4.79 Å². The van der Waals surface area contributed by atoms with Gasteiger partial charge in [-0.2, -0.15) is 0 Å². The van der Waals surface area contributed by atoms with E-state index in [1.165, 1.54) is 6.42 Å². The molecular formula is C13H23N3O2. The van der Waals surface area contributed by atoms with E-state index < -0.39 is 6.04 Å². The Kier molecular flexibility index (Phi) is 4.09. The average molecular weight is 253 g/mol. The second-order valence-electron chi connectivity index (χ2n) is 5.49. The molecule has 1 aliphatic carbocycles. The van der Waals surface area contributed by atoms with Crippen LogP contribution in [0.15, 0.2) is 0 Å². The number of hydrogen-bond donors (Lipinski definition) is 2. The van der Waals surface area contributed by atoms with E-state index in [2.05, 4.69) is 17.6 Å². The van der Waals surface area contributed by atoms with E-state index >= 15 is 0 Å². The molecule has 0 aromatic rings. The molecular weight excluding hydrogens is 230 g/mol. The lowest BCUT2D eigenvalue weighted by atomic mass is 10.0. The van der Waals surface area contributed by atoms with E-state index in [1.807, 2.05) is 4.90 Å². The lowest BCUT2D eigenvalue weighted by molar-refractivity contribution is -0.136. The molecule has 1 heterocycles. The van der Waals surface area contributed by atoms with Crippen molar-refractivity contribution in [3.63, 3.8) is 0 Å². The fraction of sp³-hybridized carbons (Fsp3) is 0.846. The van der Waals surface area contributed by atoms with Crippen LogP contribution in [-0.2, 0) is 4.79 Å². The quantitative estimate of drug-likeness (QED) is 0.795. The summed E-state index contributed by atoms with van der Waals surface area (Å²) in [5.41, 5.74) is 0. The minimum absolute atomic E-state index is 0.0353. The minimum atomic E-state index is -0.440. The number of likely N-dealkylation sites (tertiary alicyclic amines) is 1. The number of nitrogens with zero attached hydrogens (tertiary/aromatic N) is 1. The zero-order valence-electron chi connectivity index (χ0n) is 11.2. The molecule has 2 rings (SSSR count). The topological polar surface area (TPSA) is 61.4 Å². The van der Waals surface area contributed by atoms with Gasteiger partial charge in [0.1, 0.15) is 6.04 Å². The molecule has 2 aliphatic rings. The van der Waals surface area contributed by atoms with Gasteiger partial charge in [0.05, 0.1) is 0 Å². The van der Waals surface area contributed by atoms with Gasteiger partial charge in [0.15, 0.2) is 0 Å². The molecule has 2 fully saturated rings. The second-order valence-corrected chi connectivity index (χ2v) is 5.49. The number of urea groups is 1. The van der Waals surface area contributed by atoms with Gasteiger partial charge in [0.25, 0.3) is 0 Å². The van der Waals surface area contributed by atoms with Gasteiger partial charge in [-0.15, -0.1) is 0 Å². The number of carbonyl (C=O) groups excluding carboxylic acids is 2. The molecule has 0 aromatic heterocycles. The molecule has 3 amide bonds. The summed E-state index contributed by atoms with van der Waals surface area (Å²) >= 11 is 0. The molecule has 1 saturated carbocycles. The monoisotopic (exact) mass is 253 g/mol. The van der Waals surface area contributed by atoms with Crippen molar-refractivity contribution >= 4 is 11.9 Å². The summed E-state index contributed by atoms with van der Waals surface area (Å²) in [4.78, 5) is 25.7. The number of rotatable bonds is 3. The predicted molar refractivity (Wildman–Crippen MR) is 69.2 cm³/mol. The highest BCUT2D eigenvalue weighted by Gasteiger charge is 2.29. The van der Waals surface area contributed by atoms with E-state index in [4.69, 9.17) is 0 Å². The molecule has 18 heavy (non-hydrogen) atoms. The summed E-state index contributed by atoms with van der Waals surface area (Å²) in [5, 5.41) is 5.56. The van der Waals surface area contributed by atoms with Gasteiger partial charge in [0.2, 0.25) is 5.91 Å². The van der Waals surface area contributed by atoms with Gasteiger partial charge in [0, 0.05) is 18.6 Å². The Hall–Kier alpha value is -1.26. The van der Waals surface area contributed by atoms with Crippen molar-refractivity contribution in [2.75, 3.05) is 6.54 Å². The summed E-state index contributed by atoms with van der Waals surface area (Å²) in [7, 11) is 0. The summed E-state index contributed by atoms with van der Waals surface area (Å²) in [6.45, 7) is 4.65. The third-order valence-electron chi connectivity index (χ3n) is 3.72. The van der Waals surface area contributed by atoms with Crippen LogP contribution in [0, 0.1) is 0 Å². The molecule has 1 aliphatic heterocycles. The standard InChI is InChI=1S/C13H23N3O2/c1-9-5-3-4-8-16(9)12(17)10(2)14-13(18)15-11-6-7-11/h9-11H,3-8H2,1-2H3,(H2,14,15,18)/t9-,10+/m0/s1. The maximum atomic E-state index is 12.2. The number of hydrogen-bond acceptors (Lipinski definition) is 2. The van der Waals surface area contributed by atoms with Crippen molar-refractivity contribution in [1.82, 2.24) is 15.5 Å². The van der Waals surface area contributed by atoms with Crippen LogP contribution < -0.4 is 10.6 Å². The summed E-state index contributed by atoms with van der Waals surface area (Å²) in [6.07, 6.45) is 5.43. The molecule has 5 heteroatoms. The van der Waals surface area contributed by atoms with Gasteiger partial charge in [-0.1, -0.05) is 0 Å². The predicted octanol–water partition coefficient (Wildman–Crippen LogP) is 1.24. The molecule has 0 unspecified atom stereocenters. The highest BCUT2D eigenvalue weighted by molar-refractivity contribution is 5.87. The Morgan fingerprint density at radius 3 is 2.56 bits per heavy atom. The van der Waals surface area contributed by atoms with Crippen LogP contribution >= 0.6 is 0 Å². The molecule has 0 radical (unpaired) electrons. The lowest BCUT2D eigenvalue weighted by Gasteiger charge is -2.35. The Morgan fingerprint density at radius 2 is 1.94 bits per heavy atom. The maximum absolute atomic E-state index is 12.2. The smallest absolute Gasteiger partial charge is 0.315 e. The van der Waals surface area contributed by atoms with Crippen molar-refractivity contribution in [3.05, 3.63) is 0 Å². The second kappa shape index (κ2) is 5.59. The van der Waals surface area contributed by atoms with Crippen LogP contribution in [0.1, 0.15) is 46.0 Å². The van der Waals surface area contributed by atoms with Gasteiger partial charge in [-0.05, 0) is 46.0 Å². The number of nitrogens with one attached hydrogen (secondary N) is 2. The van der Waals surface area contributed by atoms with E-state index in [1.54, 1.807) is 6.92 Å². The van der Waals surface area contributed by atoms with Crippen LogP contribution in [0.4, 0.5) is 4.79 Å². The molecule has 0 bridgehead atoms. The molecule has 0 aromatic carbocycles. The molecule has 1 saturated heterocycles. The summed E-state index contributed by atoms with van der Waals surface area (Å²) in [5.74, 6) is 0.0353. The zero-order valence-corrected chi connectivity index (χ0v) is 11.2. The normalized spacial score (nSPS) is 25.4. The van der Waals surface area contributed by atoms with Crippen molar-refractivity contribution in [2.45, 2.75) is 64.1 Å². The molecule has 2 N–H and O–H groups in total. The fourth-order valence-electron chi connectivity index (χ4n) is 2.39. The van der Waals surface area contributed by atoms with Crippen LogP contribution in [0.5, 0.6) is 0 Å². The SMILES string of the molecule is C[C@@H](NC(=O)NC1CC1)C(=O)N1CCCC[C@@H]1C. The molecule has 5 nitrogen and oxygen atoms in total. The lowest BCUT2D eigenvalue weighted by Crippen LogP contribution is -2.53. The third kappa shape index (κ3) is 3.37. The number of amides is 3. The Labute approximate surface area is 108 Å². The Morgan fingerprint density at radius 1 is 1.22 bits per heavy atom. The van der Waals surface area contributed by atoms with E-state index in [0.29, 0.717) is 12.1 Å². The van der Waals surface area contributed by atoms with Gasteiger partial charge >= 0.3 is 6.03 Å². The molecule has 2 atom stereocenters. The molecule has 0 spiro atoms. The Bertz CT molecular complexity index is 328. The first-order valence-corrected chi connectivity index (χ1v) is 6.95. The first-order chi connectivity index (χ1) is 8.58. The van der Waals surface area contributed by atoms with Crippen LogP contribution in [0.3, 0.4) is 0 Å². The van der Waals surface area contributed by atoms with Crippen molar-refractivity contribution in [1.29, 1.82) is 0 Å². The maximum Gasteiger partial charge on any atom is 0.315 e. The minimum Gasteiger partial charge on any atom is -0.338 e.